The summed E-state index contributed by atoms with van der Waals surface area (Å²) in [6.07, 6.45) is 1.06. The summed E-state index contributed by atoms with van der Waals surface area (Å²) in [4.78, 5) is 23.2. The standard InChI is InChI=1S/C15H20N2O3/c1-15(2,3)16-13(18)8-6-10-5-7-12-11(9-10)17(4)14(19)20-12/h5,7,9H,6,8H2,1-4H3,(H,16,18). The fourth-order valence-electron chi connectivity index (χ4n) is 2.07. The molecule has 1 heterocycles. The molecule has 0 saturated carbocycles. The van der Waals surface area contributed by atoms with Crippen LogP contribution in [0.15, 0.2) is 27.4 Å². The minimum absolute atomic E-state index is 0.0266. The van der Waals surface area contributed by atoms with E-state index < -0.39 is 0 Å². The number of hydrogen-bond donors (Lipinski definition) is 1. The first-order chi connectivity index (χ1) is 9.26. The van der Waals surface area contributed by atoms with Crippen LogP contribution in [0.4, 0.5) is 0 Å². The molecular weight excluding hydrogens is 256 g/mol. The van der Waals surface area contributed by atoms with Crippen LogP contribution in [0, 0.1) is 0 Å². The molecule has 1 amide bonds. The van der Waals surface area contributed by atoms with Gasteiger partial charge in [-0.1, -0.05) is 6.07 Å². The number of fused-ring (bicyclic) bond motifs is 1. The van der Waals surface area contributed by atoms with Crippen molar-refractivity contribution in [3.8, 4) is 0 Å². The normalized spacial score (nSPS) is 11.8. The molecule has 1 aromatic carbocycles. The van der Waals surface area contributed by atoms with Crippen LogP contribution in [0.25, 0.3) is 11.1 Å². The Balaban J connectivity index is 2.09. The monoisotopic (exact) mass is 276 g/mol. The molecule has 108 valence electrons. The summed E-state index contributed by atoms with van der Waals surface area (Å²) in [5.74, 6) is -0.346. The van der Waals surface area contributed by atoms with E-state index in [2.05, 4.69) is 5.32 Å². The minimum Gasteiger partial charge on any atom is -0.408 e. The van der Waals surface area contributed by atoms with Gasteiger partial charge in [0.15, 0.2) is 5.58 Å². The van der Waals surface area contributed by atoms with Gasteiger partial charge in [-0.05, 0) is 44.9 Å². The highest BCUT2D eigenvalue weighted by Gasteiger charge is 2.13. The van der Waals surface area contributed by atoms with E-state index in [1.165, 1.54) is 4.57 Å². The second-order valence-electron chi connectivity index (χ2n) is 6.03. The zero-order valence-corrected chi connectivity index (χ0v) is 12.3. The van der Waals surface area contributed by atoms with Gasteiger partial charge in [0.05, 0.1) is 5.52 Å². The second-order valence-corrected chi connectivity index (χ2v) is 6.03. The maximum atomic E-state index is 11.8. The van der Waals surface area contributed by atoms with Crippen molar-refractivity contribution >= 4 is 17.0 Å². The first-order valence-electron chi connectivity index (χ1n) is 6.66. The van der Waals surface area contributed by atoms with E-state index in [1.807, 2.05) is 32.9 Å². The number of oxazole rings is 1. The number of amides is 1. The largest absolute Gasteiger partial charge is 0.419 e. The molecule has 0 radical (unpaired) electrons. The topological polar surface area (TPSA) is 64.2 Å². The first-order valence-corrected chi connectivity index (χ1v) is 6.66. The molecule has 1 N–H and O–H groups in total. The van der Waals surface area contributed by atoms with Crippen molar-refractivity contribution in [2.45, 2.75) is 39.2 Å². The Hall–Kier alpha value is -2.04. The van der Waals surface area contributed by atoms with E-state index in [-0.39, 0.29) is 17.2 Å². The van der Waals surface area contributed by atoms with Crippen molar-refractivity contribution in [2.75, 3.05) is 0 Å². The molecule has 5 nitrogen and oxygen atoms in total. The van der Waals surface area contributed by atoms with Gasteiger partial charge in [0, 0.05) is 19.0 Å². The van der Waals surface area contributed by atoms with Gasteiger partial charge in [-0.15, -0.1) is 0 Å². The maximum absolute atomic E-state index is 11.8. The zero-order valence-electron chi connectivity index (χ0n) is 12.3. The van der Waals surface area contributed by atoms with E-state index in [0.717, 1.165) is 11.1 Å². The van der Waals surface area contributed by atoms with E-state index in [4.69, 9.17) is 4.42 Å². The van der Waals surface area contributed by atoms with Crippen LogP contribution in [0.2, 0.25) is 0 Å². The van der Waals surface area contributed by atoms with Gasteiger partial charge in [-0.25, -0.2) is 4.79 Å². The van der Waals surface area contributed by atoms with E-state index in [1.54, 1.807) is 13.1 Å². The molecule has 20 heavy (non-hydrogen) atoms. The van der Waals surface area contributed by atoms with Crippen molar-refractivity contribution in [1.82, 2.24) is 9.88 Å². The lowest BCUT2D eigenvalue weighted by molar-refractivity contribution is -0.122. The lowest BCUT2D eigenvalue weighted by Gasteiger charge is -2.20. The summed E-state index contributed by atoms with van der Waals surface area (Å²) in [5.41, 5.74) is 2.12. The van der Waals surface area contributed by atoms with Gasteiger partial charge in [0.2, 0.25) is 5.91 Å². The lowest BCUT2D eigenvalue weighted by Crippen LogP contribution is -2.40. The molecule has 0 atom stereocenters. The third-order valence-electron chi connectivity index (χ3n) is 3.01. The third-order valence-corrected chi connectivity index (χ3v) is 3.01. The quantitative estimate of drug-likeness (QED) is 0.932. The van der Waals surface area contributed by atoms with Crippen LogP contribution in [0.1, 0.15) is 32.8 Å². The Morgan fingerprint density at radius 2 is 2.05 bits per heavy atom. The highest BCUT2D eigenvalue weighted by molar-refractivity contribution is 5.77. The summed E-state index contributed by atoms with van der Waals surface area (Å²) < 4.78 is 6.54. The molecule has 0 aliphatic rings. The zero-order chi connectivity index (χ0) is 14.9. The predicted molar refractivity (Wildman–Crippen MR) is 77.7 cm³/mol. The third kappa shape index (κ3) is 3.29. The molecule has 0 unspecified atom stereocenters. The van der Waals surface area contributed by atoms with E-state index in [9.17, 15) is 9.59 Å². The molecule has 1 aromatic heterocycles. The van der Waals surface area contributed by atoms with Gasteiger partial charge < -0.3 is 9.73 Å². The second kappa shape index (κ2) is 5.15. The van der Waals surface area contributed by atoms with Crippen LogP contribution in [0.3, 0.4) is 0 Å². The molecule has 2 aromatic rings. The van der Waals surface area contributed by atoms with Crippen LogP contribution in [0.5, 0.6) is 0 Å². The predicted octanol–water partition coefficient (Wildman–Crippen LogP) is 1.98. The molecule has 0 fully saturated rings. The average Bonchev–Trinajstić information content (AvgIpc) is 2.61. The van der Waals surface area contributed by atoms with Gasteiger partial charge in [0.25, 0.3) is 0 Å². The van der Waals surface area contributed by atoms with Gasteiger partial charge in [0.1, 0.15) is 0 Å². The molecular formula is C15H20N2O3. The van der Waals surface area contributed by atoms with Gasteiger partial charge >= 0.3 is 5.76 Å². The molecule has 0 saturated heterocycles. The van der Waals surface area contributed by atoms with Gasteiger partial charge in [-0.3, -0.25) is 9.36 Å². The Kier molecular flexibility index (Phi) is 3.70. The highest BCUT2D eigenvalue weighted by Crippen LogP contribution is 2.15. The summed E-state index contributed by atoms with van der Waals surface area (Å²) >= 11 is 0. The number of nitrogens with one attached hydrogen (secondary N) is 1. The van der Waals surface area contributed by atoms with Crippen LogP contribution < -0.4 is 11.1 Å². The van der Waals surface area contributed by atoms with Crippen LogP contribution in [-0.2, 0) is 18.3 Å². The van der Waals surface area contributed by atoms with Crippen molar-refractivity contribution in [2.24, 2.45) is 7.05 Å². The molecule has 0 aliphatic carbocycles. The maximum Gasteiger partial charge on any atom is 0.419 e. The summed E-state index contributed by atoms with van der Waals surface area (Å²) in [5, 5.41) is 2.93. The van der Waals surface area contributed by atoms with Crippen LogP contribution >= 0.6 is 0 Å². The fourth-order valence-corrected chi connectivity index (χ4v) is 2.07. The van der Waals surface area contributed by atoms with Crippen molar-refractivity contribution < 1.29 is 9.21 Å². The summed E-state index contributed by atoms with van der Waals surface area (Å²) in [6, 6.07) is 5.55. The van der Waals surface area contributed by atoms with Crippen molar-refractivity contribution in [1.29, 1.82) is 0 Å². The molecule has 2 rings (SSSR count). The average molecular weight is 276 g/mol. The summed E-state index contributed by atoms with van der Waals surface area (Å²) in [7, 11) is 1.67. The Morgan fingerprint density at radius 3 is 2.70 bits per heavy atom. The Morgan fingerprint density at radius 1 is 1.35 bits per heavy atom. The molecule has 0 aliphatic heterocycles. The lowest BCUT2D eigenvalue weighted by atomic mass is 10.1. The molecule has 5 heteroatoms. The number of carbonyl (C=O) groups is 1. The number of nitrogens with zero attached hydrogens (tertiary/aromatic N) is 1. The molecule has 0 spiro atoms. The molecule has 0 bridgehead atoms. The van der Waals surface area contributed by atoms with E-state index in [0.29, 0.717) is 18.4 Å². The van der Waals surface area contributed by atoms with Crippen molar-refractivity contribution in [3.63, 3.8) is 0 Å². The van der Waals surface area contributed by atoms with E-state index >= 15 is 0 Å². The number of benzene rings is 1. The number of rotatable bonds is 3. The Bertz CT molecular complexity index is 689. The van der Waals surface area contributed by atoms with Crippen molar-refractivity contribution in [3.05, 3.63) is 34.3 Å². The summed E-state index contributed by atoms with van der Waals surface area (Å²) in [6.45, 7) is 5.87. The highest BCUT2D eigenvalue weighted by atomic mass is 16.4. The SMILES string of the molecule is Cn1c(=O)oc2ccc(CCC(=O)NC(C)(C)C)cc21. The van der Waals surface area contributed by atoms with Crippen LogP contribution in [-0.4, -0.2) is 16.0 Å². The number of aromatic nitrogens is 1. The number of hydrogen-bond acceptors (Lipinski definition) is 3. The number of aryl methyl sites for hydroxylation is 2. The first kappa shape index (κ1) is 14.4. The fraction of sp³-hybridized carbons (Fsp3) is 0.467. The smallest absolute Gasteiger partial charge is 0.408 e. The van der Waals surface area contributed by atoms with Gasteiger partial charge in [-0.2, -0.15) is 0 Å². The number of carbonyl (C=O) groups excluding carboxylic acids is 1. The minimum atomic E-state index is -0.373. The Labute approximate surface area is 117 Å².